The van der Waals surface area contributed by atoms with E-state index in [1.807, 2.05) is 16.6 Å². The first-order valence-electron chi connectivity index (χ1n) is 11.8. The smallest absolute Gasteiger partial charge is 0.274 e. The lowest BCUT2D eigenvalue weighted by atomic mass is 9.78. The Bertz CT molecular complexity index is 891. The normalized spacial score (nSPS) is 23.0. The van der Waals surface area contributed by atoms with Crippen molar-refractivity contribution in [2.75, 3.05) is 19.6 Å². The third-order valence-electron chi connectivity index (χ3n) is 7.73. The van der Waals surface area contributed by atoms with Crippen LogP contribution in [-0.4, -0.2) is 46.3 Å². The van der Waals surface area contributed by atoms with Crippen molar-refractivity contribution in [3.63, 3.8) is 0 Å². The summed E-state index contributed by atoms with van der Waals surface area (Å²) in [5, 5.41) is 8.59. The van der Waals surface area contributed by atoms with Gasteiger partial charge in [-0.15, -0.1) is 0 Å². The topological polar surface area (TPSA) is 50.2 Å². The van der Waals surface area contributed by atoms with Gasteiger partial charge in [-0.05, 0) is 50.5 Å². The maximum Gasteiger partial charge on any atom is 0.274 e. The predicted octanol–water partition coefficient (Wildman–Crippen LogP) is 3.62. The number of rotatable bonds is 5. The van der Waals surface area contributed by atoms with Crippen LogP contribution >= 0.6 is 0 Å². The van der Waals surface area contributed by atoms with Crippen LogP contribution in [0.1, 0.15) is 72.3 Å². The van der Waals surface area contributed by atoms with Crippen LogP contribution in [0.15, 0.2) is 30.3 Å². The largest absolute Gasteiger partial charge is 0.337 e. The van der Waals surface area contributed by atoms with Gasteiger partial charge in [0, 0.05) is 49.4 Å². The lowest BCUT2D eigenvalue weighted by Gasteiger charge is -2.33. The van der Waals surface area contributed by atoms with Gasteiger partial charge >= 0.3 is 0 Å². The molecule has 5 rings (SSSR count). The number of aromatic nitrogens is 2. The second-order valence-corrected chi connectivity index (χ2v) is 9.57. The van der Waals surface area contributed by atoms with Gasteiger partial charge < -0.3 is 10.2 Å². The van der Waals surface area contributed by atoms with Gasteiger partial charge in [-0.25, -0.2) is 0 Å². The summed E-state index contributed by atoms with van der Waals surface area (Å²) in [6, 6.07) is 11.5. The number of hydrogen-bond donors (Lipinski definition) is 1. The molecule has 1 aliphatic heterocycles. The highest BCUT2D eigenvalue weighted by Gasteiger charge is 2.37. The molecule has 2 aromatic rings. The average Bonchev–Trinajstić information content (AvgIpc) is 3.54. The van der Waals surface area contributed by atoms with Crippen molar-refractivity contribution in [2.45, 2.75) is 69.2 Å². The SMILES string of the molecule is Cn1nc(C(=O)N2CCCC2)c2c1CC[C@@H](NCC1(c3ccccc3)CCCC1)C2. The first kappa shape index (κ1) is 19.8. The highest BCUT2D eigenvalue weighted by Crippen LogP contribution is 2.41. The van der Waals surface area contributed by atoms with Gasteiger partial charge in [-0.2, -0.15) is 5.10 Å². The molecule has 3 aliphatic rings. The van der Waals surface area contributed by atoms with Crippen molar-refractivity contribution < 1.29 is 4.79 Å². The monoisotopic (exact) mass is 406 g/mol. The van der Waals surface area contributed by atoms with Crippen molar-refractivity contribution in [3.8, 4) is 0 Å². The molecule has 0 spiro atoms. The summed E-state index contributed by atoms with van der Waals surface area (Å²) in [4.78, 5) is 15.1. The highest BCUT2D eigenvalue weighted by molar-refractivity contribution is 5.94. The van der Waals surface area contributed by atoms with E-state index in [9.17, 15) is 4.79 Å². The first-order chi connectivity index (χ1) is 14.7. The molecule has 2 heterocycles. The molecule has 5 heteroatoms. The summed E-state index contributed by atoms with van der Waals surface area (Å²) in [5.74, 6) is 0.140. The Kier molecular flexibility index (Phi) is 5.40. The van der Waals surface area contributed by atoms with E-state index >= 15 is 0 Å². The lowest BCUT2D eigenvalue weighted by molar-refractivity contribution is 0.0785. The average molecular weight is 407 g/mol. The second kappa shape index (κ2) is 8.18. The van der Waals surface area contributed by atoms with Crippen LogP contribution in [0.5, 0.6) is 0 Å². The summed E-state index contributed by atoms with van der Waals surface area (Å²) in [6.45, 7) is 2.80. The van der Waals surface area contributed by atoms with E-state index in [1.54, 1.807) is 0 Å². The lowest BCUT2D eigenvalue weighted by Crippen LogP contribution is -2.43. The Morgan fingerprint density at radius 3 is 2.60 bits per heavy atom. The standard InChI is InChI=1S/C25H34N4O/c1-28-22-12-11-20(17-21(22)23(27-28)24(30)29-15-7-8-16-29)26-18-25(13-5-6-14-25)19-9-3-2-4-10-19/h2-4,9-10,20,26H,5-8,11-18H2,1H3/t20-/m1/s1. The van der Waals surface area contributed by atoms with Gasteiger partial charge in [0.25, 0.3) is 5.91 Å². The third-order valence-corrected chi connectivity index (χ3v) is 7.73. The van der Waals surface area contributed by atoms with Gasteiger partial charge in [0.05, 0.1) is 0 Å². The number of hydrogen-bond acceptors (Lipinski definition) is 3. The van der Waals surface area contributed by atoms with E-state index in [2.05, 4.69) is 40.7 Å². The second-order valence-electron chi connectivity index (χ2n) is 9.57. The van der Waals surface area contributed by atoms with E-state index in [0.29, 0.717) is 11.7 Å². The Hall–Kier alpha value is -2.14. The maximum atomic E-state index is 13.1. The summed E-state index contributed by atoms with van der Waals surface area (Å²) < 4.78 is 1.96. The van der Waals surface area contributed by atoms with E-state index in [0.717, 1.165) is 51.7 Å². The Labute approximate surface area is 179 Å². The number of carbonyl (C=O) groups excluding carboxylic acids is 1. The van der Waals surface area contributed by atoms with Crippen molar-refractivity contribution in [2.24, 2.45) is 7.05 Å². The van der Waals surface area contributed by atoms with Crippen LogP contribution in [0.3, 0.4) is 0 Å². The molecule has 0 unspecified atom stereocenters. The van der Waals surface area contributed by atoms with E-state index in [4.69, 9.17) is 0 Å². The Morgan fingerprint density at radius 1 is 1.13 bits per heavy atom. The molecule has 1 amide bonds. The van der Waals surface area contributed by atoms with E-state index in [-0.39, 0.29) is 11.3 Å². The zero-order valence-corrected chi connectivity index (χ0v) is 18.2. The zero-order valence-electron chi connectivity index (χ0n) is 18.2. The molecule has 2 fully saturated rings. The molecular formula is C25H34N4O. The number of aryl methyl sites for hydroxylation is 1. The van der Waals surface area contributed by atoms with Crippen molar-refractivity contribution in [1.29, 1.82) is 0 Å². The predicted molar refractivity (Wildman–Crippen MR) is 119 cm³/mol. The van der Waals surface area contributed by atoms with Crippen LogP contribution in [0.2, 0.25) is 0 Å². The van der Waals surface area contributed by atoms with Crippen LogP contribution in [0.4, 0.5) is 0 Å². The van der Waals surface area contributed by atoms with Crippen molar-refractivity contribution in [1.82, 2.24) is 20.0 Å². The fraction of sp³-hybridized carbons (Fsp3) is 0.600. The van der Waals surface area contributed by atoms with Crippen molar-refractivity contribution in [3.05, 3.63) is 52.8 Å². The number of amides is 1. The minimum atomic E-state index is 0.140. The van der Waals surface area contributed by atoms with Crippen molar-refractivity contribution >= 4 is 5.91 Å². The molecule has 0 radical (unpaired) electrons. The molecular weight excluding hydrogens is 372 g/mol. The fourth-order valence-corrected chi connectivity index (χ4v) is 5.96. The molecule has 2 aliphatic carbocycles. The molecule has 5 nitrogen and oxygen atoms in total. The quantitative estimate of drug-likeness (QED) is 0.825. The number of carbonyl (C=O) groups is 1. The third kappa shape index (κ3) is 3.58. The van der Waals surface area contributed by atoms with Gasteiger partial charge in [-0.3, -0.25) is 9.48 Å². The van der Waals surface area contributed by atoms with Gasteiger partial charge in [0.15, 0.2) is 5.69 Å². The summed E-state index contributed by atoms with van der Waals surface area (Å²) >= 11 is 0. The molecule has 160 valence electrons. The van der Waals surface area contributed by atoms with Crippen LogP contribution in [-0.2, 0) is 25.3 Å². The van der Waals surface area contributed by atoms with Gasteiger partial charge in [0.2, 0.25) is 0 Å². The Balaban J connectivity index is 1.31. The number of benzene rings is 1. The zero-order chi connectivity index (χ0) is 20.6. The number of nitrogens with one attached hydrogen (secondary N) is 1. The maximum absolute atomic E-state index is 13.1. The molecule has 30 heavy (non-hydrogen) atoms. The number of fused-ring (bicyclic) bond motifs is 1. The van der Waals surface area contributed by atoms with E-state index in [1.165, 1.54) is 42.5 Å². The Morgan fingerprint density at radius 2 is 1.87 bits per heavy atom. The molecule has 1 saturated heterocycles. The van der Waals surface area contributed by atoms with Crippen LogP contribution in [0, 0.1) is 0 Å². The summed E-state index contributed by atoms with van der Waals surface area (Å²) in [7, 11) is 2.00. The summed E-state index contributed by atoms with van der Waals surface area (Å²) in [6.07, 6.45) is 10.5. The molecule has 1 aromatic heterocycles. The molecule has 1 N–H and O–H groups in total. The van der Waals surface area contributed by atoms with Gasteiger partial charge in [-0.1, -0.05) is 43.2 Å². The van der Waals surface area contributed by atoms with Crippen LogP contribution < -0.4 is 5.32 Å². The minimum absolute atomic E-state index is 0.140. The molecule has 1 saturated carbocycles. The van der Waals surface area contributed by atoms with Gasteiger partial charge in [0.1, 0.15) is 0 Å². The summed E-state index contributed by atoms with van der Waals surface area (Å²) in [5.41, 5.74) is 4.91. The van der Waals surface area contributed by atoms with E-state index < -0.39 is 0 Å². The molecule has 1 atom stereocenters. The minimum Gasteiger partial charge on any atom is -0.337 e. The fourth-order valence-electron chi connectivity index (χ4n) is 5.96. The first-order valence-corrected chi connectivity index (χ1v) is 11.8. The molecule has 0 bridgehead atoms. The number of likely N-dealkylation sites (tertiary alicyclic amines) is 1. The highest BCUT2D eigenvalue weighted by atomic mass is 16.2. The van der Waals surface area contributed by atoms with Crippen LogP contribution in [0.25, 0.3) is 0 Å². The molecule has 1 aromatic carbocycles. The number of nitrogens with zero attached hydrogens (tertiary/aromatic N) is 3.